The van der Waals surface area contributed by atoms with Gasteiger partial charge in [-0.2, -0.15) is 0 Å². The molecule has 0 atom stereocenters. The first kappa shape index (κ1) is 16.2. The second-order valence-corrected chi connectivity index (χ2v) is 6.05. The Morgan fingerprint density at radius 2 is 2.04 bits per heavy atom. The molecular weight excluding hydrogens is 305 g/mol. The van der Waals surface area contributed by atoms with E-state index in [1.54, 1.807) is 12.3 Å². The van der Waals surface area contributed by atoms with Gasteiger partial charge in [0.1, 0.15) is 11.4 Å². The van der Waals surface area contributed by atoms with Gasteiger partial charge in [-0.3, -0.25) is 4.79 Å². The average Bonchev–Trinajstić information content (AvgIpc) is 2.94. The van der Waals surface area contributed by atoms with Crippen molar-refractivity contribution < 1.29 is 13.6 Å². The van der Waals surface area contributed by atoms with E-state index in [1.807, 2.05) is 32.0 Å². The van der Waals surface area contributed by atoms with Crippen LogP contribution in [0.15, 0.2) is 47.1 Å². The van der Waals surface area contributed by atoms with Gasteiger partial charge in [-0.1, -0.05) is 24.3 Å². The third kappa shape index (κ3) is 3.48. The van der Waals surface area contributed by atoms with E-state index < -0.39 is 0 Å². The lowest BCUT2D eigenvalue weighted by Crippen LogP contribution is -2.27. The normalized spacial score (nSPS) is 11.0. The highest BCUT2D eigenvalue weighted by atomic mass is 19.1. The van der Waals surface area contributed by atoms with Crippen LogP contribution >= 0.6 is 0 Å². The molecule has 3 nitrogen and oxygen atoms in total. The van der Waals surface area contributed by atoms with Crippen molar-refractivity contribution in [3.63, 3.8) is 0 Å². The first-order valence-corrected chi connectivity index (χ1v) is 8.02. The van der Waals surface area contributed by atoms with Crippen LogP contribution < -0.4 is 5.32 Å². The van der Waals surface area contributed by atoms with Gasteiger partial charge in [0.15, 0.2) is 0 Å². The van der Waals surface area contributed by atoms with E-state index in [0.717, 1.165) is 27.7 Å². The summed E-state index contributed by atoms with van der Waals surface area (Å²) in [7, 11) is 0. The predicted octanol–water partition coefficient (Wildman–Crippen LogP) is 4.09. The summed E-state index contributed by atoms with van der Waals surface area (Å²) in [6, 6.07) is 10.5. The highest BCUT2D eigenvalue weighted by Crippen LogP contribution is 2.26. The van der Waals surface area contributed by atoms with Crippen molar-refractivity contribution in [2.24, 2.45) is 0 Å². The maximum absolute atomic E-state index is 13.1. The van der Waals surface area contributed by atoms with Crippen LogP contribution in [0.4, 0.5) is 4.39 Å². The molecule has 124 valence electrons. The molecule has 2 aromatic carbocycles. The smallest absolute Gasteiger partial charge is 0.224 e. The van der Waals surface area contributed by atoms with Crippen LogP contribution in [-0.2, 0) is 17.6 Å². The second-order valence-electron chi connectivity index (χ2n) is 6.05. The zero-order valence-electron chi connectivity index (χ0n) is 13.9. The molecule has 0 aliphatic heterocycles. The number of rotatable bonds is 5. The lowest BCUT2D eigenvalue weighted by atomic mass is 10.0. The van der Waals surface area contributed by atoms with Crippen molar-refractivity contribution in [1.82, 2.24) is 5.32 Å². The Hall–Kier alpha value is -2.62. The van der Waals surface area contributed by atoms with Gasteiger partial charge < -0.3 is 9.73 Å². The summed E-state index contributed by atoms with van der Waals surface area (Å²) in [5, 5.41) is 3.86. The van der Waals surface area contributed by atoms with E-state index in [-0.39, 0.29) is 18.1 Å². The monoisotopic (exact) mass is 325 g/mol. The largest absolute Gasteiger partial charge is 0.464 e. The van der Waals surface area contributed by atoms with Gasteiger partial charge in [-0.25, -0.2) is 4.39 Å². The van der Waals surface area contributed by atoms with Crippen LogP contribution in [0.1, 0.15) is 22.3 Å². The number of hydrogen-bond acceptors (Lipinski definition) is 2. The van der Waals surface area contributed by atoms with Crippen LogP contribution in [0.5, 0.6) is 0 Å². The lowest BCUT2D eigenvalue weighted by molar-refractivity contribution is -0.120. The molecule has 0 fully saturated rings. The average molecular weight is 325 g/mol. The first-order valence-electron chi connectivity index (χ1n) is 8.02. The molecule has 0 bridgehead atoms. The fourth-order valence-electron chi connectivity index (χ4n) is 2.80. The molecule has 0 aliphatic rings. The number of aryl methyl sites for hydroxylation is 2. The molecule has 1 heterocycles. The summed E-state index contributed by atoms with van der Waals surface area (Å²) in [6.07, 6.45) is 2.54. The Morgan fingerprint density at radius 3 is 2.83 bits per heavy atom. The highest BCUT2D eigenvalue weighted by molar-refractivity contribution is 5.89. The molecule has 4 heteroatoms. The SMILES string of the molecule is Cc1ccc2c(CC(=O)NCCc3cccc(F)c3)coc2c1C. The molecule has 0 radical (unpaired) electrons. The van der Waals surface area contributed by atoms with Crippen molar-refractivity contribution in [1.29, 1.82) is 0 Å². The quantitative estimate of drug-likeness (QED) is 0.768. The fraction of sp³-hybridized carbons (Fsp3) is 0.250. The van der Waals surface area contributed by atoms with Crippen molar-refractivity contribution in [3.05, 3.63) is 70.7 Å². The molecule has 0 unspecified atom stereocenters. The maximum atomic E-state index is 13.1. The number of amides is 1. The minimum Gasteiger partial charge on any atom is -0.464 e. The predicted molar refractivity (Wildman–Crippen MR) is 92.5 cm³/mol. The van der Waals surface area contributed by atoms with Crippen LogP contribution in [0.2, 0.25) is 0 Å². The molecule has 0 aliphatic carbocycles. The maximum Gasteiger partial charge on any atom is 0.224 e. The molecule has 1 N–H and O–H groups in total. The Kier molecular flexibility index (Phi) is 4.65. The van der Waals surface area contributed by atoms with Crippen molar-refractivity contribution in [2.45, 2.75) is 26.7 Å². The Bertz CT molecular complexity index is 882. The van der Waals surface area contributed by atoms with Gasteiger partial charge in [0.05, 0.1) is 12.7 Å². The van der Waals surface area contributed by atoms with Gasteiger partial charge in [0, 0.05) is 17.5 Å². The third-order valence-corrected chi connectivity index (χ3v) is 4.32. The third-order valence-electron chi connectivity index (χ3n) is 4.32. The number of carbonyl (C=O) groups is 1. The van der Waals surface area contributed by atoms with Gasteiger partial charge in [0.25, 0.3) is 0 Å². The van der Waals surface area contributed by atoms with Gasteiger partial charge in [0.2, 0.25) is 5.91 Å². The number of fused-ring (bicyclic) bond motifs is 1. The number of furan rings is 1. The minimum absolute atomic E-state index is 0.0627. The number of benzene rings is 2. The van der Waals surface area contributed by atoms with Gasteiger partial charge >= 0.3 is 0 Å². The molecule has 0 saturated carbocycles. The molecule has 0 spiro atoms. The number of hydrogen-bond donors (Lipinski definition) is 1. The first-order chi connectivity index (χ1) is 11.5. The van der Waals surface area contributed by atoms with Crippen molar-refractivity contribution in [3.8, 4) is 0 Å². The summed E-state index contributed by atoms with van der Waals surface area (Å²) >= 11 is 0. The van der Waals surface area contributed by atoms with E-state index in [0.29, 0.717) is 13.0 Å². The molecule has 3 aromatic rings. The minimum atomic E-state index is -0.255. The van der Waals surface area contributed by atoms with Gasteiger partial charge in [-0.15, -0.1) is 0 Å². The summed E-state index contributed by atoms with van der Waals surface area (Å²) in [6.45, 7) is 4.54. The lowest BCUT2D eigenvalue weighted by Gasteiger charge is -2.05. The number of halogens is 1. The number of carbonyl (C=O) groups excluding carboxylic acids is 1. The zero-order chi connectivity index (χ0) is 17.1. The summed E-state index contributed by atoms with van der Waals surface area (Å²) in [5.41, 5.74) is 4.87. The molecule has 1 aromatic heterocycles. The summed E-state index contributed by atoms with van der Waals surface area (Å²) in [4.78, 5) is 12.1. The Labute approximate surface area is 140 Å². The van der Waals surface area contributed by atoms with Crippen LogP contribution in [0, 0.1) is 19.7 Å². The van der Waals surface area contributed by atoms with E-state index in [1.165, 1.54) is 17.7 Å². The second kappa shape index (κ2) is 6.87. The number of nitrogens with one attached hydrogen (secondary N) is 1. The molecule has 3 rings (SSSR count). The van der Waals surface area contributed by atoms with Crippen molar-refractivity contribution in [2.75, 3.05) is 6.54 Å². The highest BCUT2D eigenvalue weighted by Gasteiger charge is 2.12. The summed E-state index contributed by atoms with van der Waals surface area (Å²) < 4.78 is 18.7. The molecule has 1 amide bonds. The molecule has 0 saturated heterocycles. The van der Waals surface area contributed by atoms with Crippen molar-refractivity contribution >= 4 is 16.9 Å². The molecule has 24 heavy (non-hydrogen) atoms. The standard InChI is InChI=1S/C20H20FNO2/c1-13-6-7-18-16(12-24-20(18)14(13)2)11-19(23)22-9-8-15-4-3-5-17(21)10-15/h3-7,10,12H,8-9,11H2,1-2H3,(H,22,23). The molecular formula is C20H20FNO2. The van der Waals surface area contributed by atoms with E-state index >= 15 is 0 Å². The van der Waals surface area contributed by atoms with E-state index in [9.17, 15) is 9.18 Å². The Balaban J connectivity index is 1.60. The van der Waals surface area contributed by atoms with Crippen LogP contribution in [0.3, 0.4) is 0 Å². The van der Waals surface area contributed by atoms with Crippen LogP contribution in [0.25, 0.3) is 11.0 Å². The topological polar surface area (TPSA) is 42.2 Å². The summed E-state index contributed by atoms with van der Waals surface area (Å²) in [5.74, 6) is -0.318. The van der Waals surface area contributed by atoms with Gasteiger partial charge in [-0.05, 0) is 49.1 Å². The Morgan fingerprint density at radius 1 is 1.21 bits per heavy atom. The van der Waals surface area contributed by atoms with E-state index in [4.69, 9.17) is 4.42 Å². The van der Waals surface area contributed by atoms with E-state index in [2.05, 4.69) is 5.32 Å². The van der Waals surface area contributed by atoms with Crippen LogP contribution in [-0.4, -0.2) is 12.5 Å². The fourth-order valence-corrected chi connectivity index (χ4v) is 2.80. The zero-order valence-corrected chi connectivity index (χ0v) is 13.9.